The van der Waals surface area contributed by atoms with Crippen LogP contribution in [0.4, 0.5) is 0 Å². The minimum absolute atomic E-state index is 0.0869. The van der Waals surface area contributed by atoms with Crippen LogP contribution in [0.15, 0.2) is 24.3 Å². The van der Waals surface area contributed by atoms with Crippen LogP contribution in [0, 0.1) is 0 Å². The highest BCUT2D eigenvalue weighted by atomic mass is 16.5. The lowest BCUT2D eigenvalue weighted by Crippen LogP contribution is -2.51. The summed E-state index contributed by atoms with van der Waals surface area (Å²) in [7, 11) is 0. The Balaban J connectivity index is 2.04. The Morgan fingerprint density at radius 1 is 1.21 bits per heavy atom. The standard InChI is InChI=1S/C16H26N2O/c1-3-19-15-8-6-14(7-9-15)12-16(2,13-17)18-10-4-5-11-18/h6-9H,3-5,10-13,17H2,1-2H3. The molecule has 3 nitrogen and oxygen atoms in total. The first-order chi connectivity index (χ1) is 9.18. The molecule has 1 aromatic carbocycles. The average Bonchev–Trinajstić information content (AvgIpc) is 2.96. The van der Waals surface area contributed by atoms with Crippen molar-refractivity contribution < 1.29 is 4.74 Å². The van der Waals surface area contributed by atoms with E-state index in [0.29, 0.717) is 13.2 Å². The summed E-state index contributed by atoms with van der Waals surface area (Å²) in [6, 6.07) is 8.43. The largest absolute Gasteiger partial charge is 0.494 e. The van der Waals surface area contributed by atoms with Gasteiger partial charge in [-0.2, -0.15) is 0 Å². The Morgan fingerprint density at radius 2 is 1.84 bits per heavy atom. The lowest BCUT2D eigenvalue weighted by atomic mass is 9.91. The van der Waals surface area contributed by atoms with Crippen molar-refractivity contribution >= 4 is 0 Å². The lowest BCUT2D eigenvalue weighted by molar-refractivity contribution is 0.143. The molecule has 0 spiro atoms. The molecule has 0 saturated carbocycles. The summed E-state index contributed by atoms with van der Waals surface area (Å²) < 4.78 is 5.48. The van der Waals surface area contributed by atoms with Crippen LogP contribution >= 0.6 is 0 Å². The first kappa shape index (κ1) is 14.4. The number of ether oxygens (including phenoxy) is 1. The van der Waals surface area contributed by atoms with Crippen LogP contribution in [0.2, 0.25) is 0 Å². The average molecular weight is 262 g/mol. The van der Waals surface area contributed by atoms with Gasteiger partial charge >= 0.3 is 0 Å². The summed E-state index contributed by atoms with van der Waals surface area (Å²) >= 11 is 0. The number of rotatable bonds is 6. The molecule has 1 fully saturated rings. The Bertz CT molecular complexity index is 384. The maximum absolute atomic E-state index is 6.05. The third kappa shape index (κ3) is 3.48. The van der Waals surface area contributed by atoms with Gasteiger partial charge in [0, 0.05) is 12.1 Å². The quantitative estimate of drug-likeness (QED) is 0.856. The lowest BCUT2D eigenvalue weighted by Gasteiger charge is -2.38. The topological polar surface area (TPSA) is 38.5 Å². The molecule has 1 aromatic rings. The smallest absolute Gasteiger partial charge is 0.119 e. The monoisotopic (exact) mass is 262 g/mol. The second kappa shape index (κ2) is 6.40. The van der Waals surface area contributed by atoms with Crippen molar-refractivity contribution in [2.45, 2.75) is 38.6 Å². The van der Waals surface area contributed by atoms with Crippen LogP contribution in [0.1, 0.15) is 32.3 Å². The Kier molecular flexibility index (Phi) is 4.83. The van der Waals surface area contributed by atoms with Gasteiger partial charge in [-0.25, -0.2) is 0 Å². The Morgan fingerprint density at radius 3 is 2.37 bits per heavy atom. The zero-order valence-electron chi connectivity index (χ0n) is 12.2. The first-order valence-corrected chi connectivity index (χ1v) is 7.35. The molecule has 1 unspecified atom stereocenters. The fourth-order valence-electron chi connectivity index (χ4n) is 2.88. The number of likely N-dealkylation sites (tertiary alicyclic amines) is 1. The minimum atomic E-state index is 0.0869. The number of nitrogens with zero attached hydrogens (tertiary/aromatic N) is 1. The van der Waals surface area contributed by atoms with Gasteiger partial charge in [0.05, 0.1) is 6.61 Å². The molecule has 0 bridgehead atoms. The van der Waals surface area contributed by atoms with Crippen molar-refractivity contribution in [3.05, 3.63) is 29.8 Å². The van der Waals surface area contributed by atoms with Crippen molar-refractivity contribution in [1.29, 1.82) is 0 Å². The van der Waals surface area contributed by atoms with Crippen LogP contribution in [-0.2, 0) is 6.42 Å². The van der Waals surface area contributed by atoms with Crippen molar-refractivity contribution in [3.63, 3.8) is 0 Å². The molecular formula is C16H26N2O. The normalized spacial score (nSPS) is 19.3. The predicted molar refractivity (Wildman–Crippen MR) is 79.6 cm³/mol. The SMILES string of the molecule is CCOc1ccc(CC(C)(CN)N2CCCC2)cc1. The van der Waals surface area contributed by atoms with Gasteiger partial charge in [0.15, 0.2) is 0 Å². The van der Waals surface area contributed by atoms with Crippen LogP contribution in [0.5, 0.6) is 5.75 Å². The highest BCUT2D eigenvalue weighted by molar-refractivity contribution is 5.28. The van der Waals surface area contributed by atoms with Gasteiger partial charge < -0.3 is 10.5 Å². The molecule has 0 aliphatic carbocycles. The highest BCUT2D eigenvalue weighted by Gasteiger charge is 2.32. The number of hydrogen-bond acceptors (Lipinski definition) is 3. The molecule has 0 amide bonds. The molecule has 1 saturated heterocycles. The van der Waals surface area contributed by atoms with Crippen LogP contribution < -0.4 is 10.5 Å². The predicted octanol–water partition coefficient (Wildman–Crippen LogP) is 2.44. The van der Waals surface area contributed by atoms with Gasteiger partial charge in [0.2, 0.25) is 0 Å². The summed E-state index contributed by atoms with van der Waals surface area (Å²) in [5, 5.41) is 0. The van der Waals surface area contributed by atoms with Gasteiger partial charge in [-0.1, -0.05) is 12.1 Å². The molecule has 19 heavy (non-hydrogen) atoms. The van der Waals surface area contributed by atoms with Crippen molar-refractivity contribution in [3.8, 4) is 5.75 Å². The van der Waals surface area contributed by atoms with E-state index >= 15 is 0 Å². The fourth-order valence-corrected chi connectivity index (χ4v) is 2.88. The summed E-state index contributed by atoms with van der Waals surface area (Å²) in [4.78, 5) is 2.55. The van der Waals surface area contributed by atoms with Gasteiger partial charge in [0.1, 0.15) is 5.75 Å². The van der Waals surface area contributed by atoms with Crippen molar-refractivity contribution in [2.24, 2.45) is 5.73 Å². The summed E-state index contributed by atoms with van der Waals surface area (Å²) in [6.07, 6.45) is 3.62. The van der Waals surface area contributed by atoms with Crippen LogP contribution in [0.25, 0.3) is 0 Å². The Labute approximate surface area is 116 Å². The zero-order valence-corrected chi connectivity index (χ0v) is 12.2. The second-order valence-electron chi connectivity index (χ2n) is 5.65. The van der Waals surface area contributed by atoms with Crippen LogP contribution in [-0.4, -0.2) is 36.7 Å². The second-order valence-corrected chi connectivity index (χ2v) is 5.65. The van der Waals surface area contributed by atoms with E-state index in [2.05, 4.69) is 36.1 Å². The molecule has 1 atom stereocenters. The van der Waals surface area contributed by atoms with E-state index in [1.165, 1.54) is 31.5 Å². The molecule has 1 aliphatic heterocycles. The van der Waals surface area contributed by atoms with Crippen molar-refractivity contribution in [1.82, 2.24) is 4.90 Å². The van der Waals surface area contributed by atoms with E-state index in [9.17, 15) is 0 Å². The van der Waals surface area contributed by atoms with Gasteiger partial charge in [-0.15, -0.1) is 0 Å². The minimum Gasteiger partial charge on any atom is -0.494 e. The molecule has 0 radical (unpaired) electrons. The van der Waals surface area contributed by atoms with Crippen LogP contribution in [0.3, 0.4) is 0 Å². The number of nitrogens with two attached hydrogens (primary N) is 1. The van der Waals surface area contributed by atoms with E-state index in [-0.39, 0.29) is 5.54 Å². The first-order valence-electron chi connectivity index (χ1n) is 7.35. The van der Waals surface area contributed by atoms with E-state index in [4.69, 9.17) is 10.5 Å². The molecule has 2 N–H and O–H groups in total. The molecule has 3 heteroatoms. The molecule has 0 aromatic heterocycles. The third-order valence-electron chi connectivity index (χ3n) is 4.13. The maximum atomic E-state index is 6.05. The van der Waals surface area contributed by atoms with Gasteiger partial charge in [0.25, 0.3) is 0 Å². The van der Waals surface area contributed by atoms with Crippen molar-refractivity contribution in [2.75, 3.05) is 26.2 Å². The molecule has 1 heterocycles. The van der Waals surface area contributed by atoms with E-state index in [1.54, 1.807) is 0 Å². The van der Waals surface area contributed by atoms with E-state index < -0.39 is 0 Å². The summed E-state index contributed by atoms with van der Waals surface area (Å²) in [5.74, 6) is 0.946. The van der Waals surface area contributed by atoms with E-state index in [0.717, 1.165) is 12.2 Å². The summed E-state index contributed by atoms with van der Waals surface area (Å²) in [5.41, 5.74) is 7.47. The molecule has 106 valence electrons. The third-order valence-corrected chi connectivity index (χ3v) is 4.13. The molecular weight excluding hydrogens is 236 g/mol. The Hall–Kier alpha value is -1.06. The molecule has 1 aliphatic rings. The zero-order chi connectivity index (χ0) is 13.7. The van der Waals surface area contributed by atoms with Gasteiger partial charge in [-0.05, 0) is 63.9 Å². The van der Waals surface area contributed by atoms with Gasteiger partial charge in [-0.3, -0.25) is 4.90 Å². The molecule has 2 rings (SSSR count). The number of benzene rings is 1. The fraction of sp³-hybridized carbons (Fsp3) is 0.625. The van der Waals surface area contributed by atoms with E-state index in [1.807, 2.05) is 6.92 Å². The maximum Gasteiger partial charge on any atom is 0.119 e. The number of hydrogen-bond donors (Lipinski definition) is 1. The summed E-state index contributed by atoms with van der Waals surface area (Å²) in [6.45, 7) is 8.09. The highest BCUT2D eigenvalue weighted by Crippen LogP contribution is 2.25.